The third kappa shape index (κ3) is 3.62. The minimum Gasteiger partial charge on any atom is -0.496 e. The summed E-state index contributed by atoms with van der Waals surface area (Å²) >= 11 is 0. The fourth-order valence-electron chi connectivity index (χ4n) is 1.34. The molecule has 0 saturated carbocycles. The molecule has 0 aliphatic heterocycles. The first-order valence-electron chi connectivity index (χ1n) is 5.03. The Morgan fingerprint density at radius 3 is 2.94 bits per heavy atom. The Labute approximate surface area is 94.8 Å². The van der Waals surface area contributed by atoms with Gasteiger partial charge in [-0.3, -0.25) is 4.79 Å². The van der Waals surface area contributed by atoms with Crippen molar-refractivity contribution in [3.05, 3.63) is 29.8 Å². The van der Waals surface area contributed by atoms with Crippen LogP contribution in [0.25, 0.3) is 0 Å². The molecule has 1 aromatic rings. The van der Waals surface area contributed by atoms with Gasteiger partial charge in [0.1, 0.15) is 5.75 Å². The van der Waals surface area contributed by atoms with Crippen molar-refractivity contribution in [2.75, 3.05) is 13.7 Å². The number of benzene rings is 1. The molecule has 1 rings (SSSR count). The monoisotopic (exact) mass is 218 g/mol. The van der Waals surface area contributed by atoms with Gasteiger partial charge in [0.25, 0.3) is 0 Å². The molecular weight excluding hydrogens is 204 g/mol. The van der Waals surface area contributed by atoms with Gasteiger partial charge in [-0.2, -0.15) is 5.26 Å². The van der Waals surface area contributed by atoms with E-state index in [2.05, 4.69) is 5.32 Å². The molecule has 4 nitrogen and oxygen atoms in total. The van der Waals surface area contributed by atoms with Gasteiger partial charge in [-0.05, 0) is 6.07 Å². The molecular formula is C12H14N2O2. The van der Waals surface area contributed by atoms with E-state index in [4.69, 9.17) is 10.00 Å². The fourth-order valence-corrected chi connectivity index (χ4v) is 1.34. The largest absolute Gasteiger partial charge is 0.496 e. The number of carbonyl (C=O) groups excluding carboxylic acids is 1. The van der Waals surface area contributed by atoms with Gasteiger partial charge in [-0.15, -0.1) is 0 Å². The molecule has 0 spiro atoms. The molecule has 1 N–H and O–H groups in total. The molecule has 1 aromatic carbocycles. The van der Waals surface area contributed by atoms with Crippen molar-refractivity contribution >= 4 is 5.91 Å². The highest BCUT2D eigenvalue weighted by Crippen LogP contribution is 2.17. The van der Waals surface area contributed by atoms with Crippen molar-refractivity contribution in [2.45, 2.75) is 12.8 Å². The summed E-state index contributed by atoms with van der Waals surface area (Å²) in [7, 11) is 1.58. The number of hydrogen-bond acceptors (Lipinski definition) is 3. The van der Waals surface area contributed by atoms with Crippen LogP contribution in [-0.4, -0.2) is 19.6 Å². The molecule has 0 aromatic heterocycles. The number of ether oxygens (including phenoxy) is 1. The minimum absolute atomic E-state index is 0.0975. The highest BCUT2D eigenvalue weighted by atomic mass is 16.5. The first kappa shape index (κ1) is 12.1. The Kier molecular flexibility index (Phi) is 4.87. The number of para-hydroxylation sites is 1. The standard InChI is InChI=1S/C12H14N2O2/c1-16-11-6-3-2-5-10(11)9-12(15)14-8-4-7-13/h2-3,5-6H,4,8-9H2,1H3,(H,14,15). The number of nitriles is 1. The molecule has 0 bridgehead atoms. The lowest BCUT2D eigenvalue weighted by Gasteiger charge is -2.07. The van der Waals surface area contributed by atoms with Crippen LogP contribution in [0.15, 0.2) is 24.3 Å². The van der Waals surface area contributed by atoms with Crippen LogP contribution in [0.2, 0.25) is 0 Å². The van der Waals surface area contributed by atoms with E-state index >= 15 is 0 Å². The predicted molar refractivity (Wildman–Crippen MR) is 59.9 cm³/mol. The maximum Gasteiger partial charge on any atom is 0.224 e. The van der Waals surface area contributed by atoms with Crippen molar-refractivity contribution in [2.24, 2.45) is 0 Å². The molecule has 1 amide bonds. The predicted octanol–water partition coefficient (Wildman–Crippen LogP) is 1.27. The number of nitrogens with zero attached hydrogens (tertiary/aromatic N) is 1. The number of hydrogen-bond donors (Lipinski definition) is 1. The second-order valence-corrected chi connectivity index (χ2v) is 3.25. The fraction of sp³-hybridized carbons (Fsp3) is 0.333. The van der Waals surface area contributed by atoms with Gasteiger partial charge >= 0.3 is 0 Å². The van der Waals surface area contributed by atoms with Gasteiger partial charge in [0.15, 0.2) is 0 Å². The van der Waals surface area contributed by atoms with E-state index in [-0.39, 0.29) is 12.3 Å². The van der Waals surface area contributed by atoms with Gasteiger partial charge in [0.05, 0.1) is 26.0 Å². The lowest BCUT2D eigenvalue weighted by atomic mass is 10.1. The number of amides is 1. The van der Waals surface area contributed by atoms with Crippen LogP contribution < -0.4 is 10.1 Å². The summed E-state index contributed by atoms with van der Waals surface area (Å²) in [4.78, 5) is 11.5. The van der Waals surface area contributed by atoms with Gasteiger partial charge in [0.2, 0.25) is 5.91 Å². The molecule has 0 radical (unpaired) electrons. The zero-order valence-corrected chi connectivity index (χ0v) is 9.19. The van der Waals surface area contributed by atoms with Crippen LogP contribution in [0.3, 0.4) is 0 Å². The first-order chi connectivity index (χ1) is 7.77. The quantitative estimate of drug-likeness (QED) is 0.757. The molecule has 0 saturated heterocycles. The number of methoxy groups -OCH3 is 1. The Morgan fingerprint density at radius 2 is 2.25 bits per heavy atom. The van der Waals surface area contributed by atoms with Crippen LogP contribution in [0.5, 0.6) is 5.75 Å². The van der Waals surface area contributed by atoms with Crippen LogP contribution >= 0.6 is 0 Å². The zero-order valence-electron chi connectivity index (χ0n) is 9.19. The smallest absolute Gasteiger partial charge is 0.224 e. The average Bonchev–Trinajstić information content (AvgIpc) is 2.30. The van der Waals surface area contributed by atoms with E-state index in [1.54, 1.807) is 7.11 Å². The number of nitrogens with one attached hydrogen (secondary N) is 1. The Morgan fingerprint density at radius 1 is 1.50 bits per heavy atom. The second kappa shape index (κ2) is 6.46. The van der Waals surface area contributed by atoms with Gasteiger partial charge in [-0.1, -0.05) is 18.2 Å². The van der Waals surface area contributed by atoms with Crippen molar-refractivity contribution in [3.63, 3.8) is 0 Å². The summed E-state index contributed by atoms with van der Waals surface area (Å²) in [6, 6.07) is 9.36. The normalized spacial score (nSPS) is 9.25. The average molecular weight is 218 g/mol. The maximum absolute atomic E-state index is 11.5. The van der Waals surface area contributed by atoms with E-state index in [0.717, 1.165) is 5.56 Å². The molecule has 16 heavy (non-hydrogen) atoms. The van der Waals surface area contributed by atoms with Crippen LogP contribution in [0.4, 0.5) is 0 Å². The third-order valence-corrected chi connectivity index (χ3v) is 2.10. The molecule has 0 unspecified atom stereocenters. The topological polar surface area (TPSA) is 62.1 Å². The number of rotatable bonds is 5. The van der Waals surface area contributed by atoms with E-state index < -0.39 is 0 Å². The second-order valence-electron chi connectivity index (χ2n) is 3.25. The minimum atomic E-state index is -0.0975. The summed E-state index contributed by atoms with van der Waals surface area (Å²) in [5, 5.41) is 11.0. The molecule has 4 heteroatoms. The summed E-state index contributed by atoms with van der Waals surface area (Å²) < 4.78 is 5.14. The Hall–Kier alpha value is -2.02. The van der Waals surface area contributed by atoms with E-state index in [0.29, 0.717) is 18.7 Å². The van der Waals surface area contributed by atoms with Gasteiger partial charge in [0, 0.05) is 12.1 Å². The highest BCUT2D eigenvalue weighted by molar-refractivity contribution is 5.79. The lowest BCUT2D eigenvalue weighted by molar-refractivity contribution is -0.120. The molecule has 84 valence electrons. The van der Waals surface area contributed by atoms with Gasteiger partial charge < -0.3 is 10.1 Å². The summed E-state index contributed by atoms with van der Waals surface area (Å²) in [6.45, 7) is 0.393. The molecule has 0 heterocycles. The van der Waals surface area contributed by atoms with Gasteiger partial charge in [-0.25, -0.2) is 0 Å². The molecule has 0 fully saturated rings. The third-order valence-electron chi connectivity index (χ3n) is 2.10. The zero-order chi connectivity index (χ0) is 11.8. The van der Waals surface area contributed by atoms with E-state index in [1.807, 2.05) is 30.3 Å². The lowest BCUT2D eigenvalue weighted by Crippen LogP contribution is -2.26. The Balaban J connectivity index is 2.53. The van der Waals surface area contributed by atoms with E-state index in [1.165, 1.54) is 0 Å². The summed E-state index contributed by atoms with van der Waals surface area (Å²) in [6.07, 6.45) is 0.604. The molecule has 0 aliphatic carbocycles. The maximum atomic E-state index is 11.5. The molecule has 0 atom stereocenters. The van der Waals surface area contributed by atoms with Crippen LogP contribution in [0.1, 0.15) is 12.0 Å². The van der Waals surface area contributed by atoms with Crippen molar-refractivity contribution in [3.8, 4) is 11.8 Å². The summed E-state index contributed by atoms with van der Waals surface area (Å²) in [5.74, 6) is 0.609. The summed E-state index contributed by atoms with van der Waals surface area (Å²) in [5.41, 5.74) is 0.847. The first-order valence-corrected chi connectivity index (χ1v) is 5.03. The van der Waals surface area contributed by atoms with Crippen molar-refractivity contribution in [1.29, 1.82) is 5.26 Å². The van der Waals surface area contributed by atoms with Crippen molar-refractivity contribution < 1.29 is 9.53 Å². The van der Waals surface area contributed by atoms with Crippen LogP contribution in [-0.2, 0) is 11.2 Å². The Bertz CT molecular complexity index is 396. The van der Waals surface area contributed by atoms with Crippen LogP contribution in [0, 0.1) is 11.3 Å². The SMILES string of the molecule is COc1ccccc1CC(=O)NCCC#N. The van der Waals surface area contributed by atoms with E-state index in [9.17, 15) is 4.79 Å². The van der Waals surface area contributed by atoms with Crippen molar-refractivity contribution in [1.82, 2.24) is 5.32 Å². The number of carbonyl (C=O) groups is 1. The highest BCUT2D eigenvalue weighted by Gasteiger charge is 2.06. The molecule has 0 aliphatic rings.